The number of benzene rings is 1. The number of methoxy groups -OCH3 is 1. The van der Waals surface area contributed by atoms with Crippen molar-refractivity contribution in [1.29, 1.82) is 0 Å². The molecule has 0 radical (unpaired) electrons. The number of ether oxygens (including phenoxy) is 3. The Morgan fingerprint density at radius 1 is 1.16 bits per heavy atom. The number of hydrogen-bond donors (Lipinski definition) is 0. The van der Waals surface area contributed by atoms with Crippen molar-refractivity contribution >= 4 is 20.0 Å². The highest BCUT2D eigenvalue weighted by molar-refractivity contribution is 6.78. The Morgan fingerprint density at radius 3 is 2.48 bits per heavy atom. The largest absolute Gasteiger partial charge is 0.467 e. The molecule has 0 bridgehead atoms. The molecule has 8 nitrogen and oxygen atoms in total. The third-order valence-corrected chi connectivity index (χ3v) is 8.33. The molecule has 0 N–H and O–H groups in total. The van der Waals surface area contributed by atoms with Crippen molar-refractivity contribution < 1.29 is 33.5 Å². The highest BCUT2D eigenvalue weighted by atomic mass is 28.3. The number of carbonyl (C=O) groups excluding carboxylic acids is 2. The van der Waals surface area contributed by atoms with Gasteiger partial charge in [0.2, 0.25) is 0 Å². The third kappa shape index (κ3) is 5.53. The molecule has 0 spiro atoms. The summed E-state index contributed by atoms with van der Waals surface area (Å²) in [5, 5.41) is 1.33. The van der Waals surface area contributed by atoms with E-state index in [4.69, 9.17) is 23.9 Å². The zero-order valence-corrected chi connectivity index (χ0v) is 19.9. The first kappa shape index (κ1) is 23.9. The van der Waals surface area contributed by atoms with Gasteiger partial charge in [0.25, 0.3) is 0 Å². The van der Waals surface area contributed by atoms with Gasteiger partial charge in [0.05, 0.1) is 20.7 Å². The van der Waals surface area contributed by atoms with Crippen molar-refractivity contribution in [2.24, 2.45) is 0 Å². The molecular weight excluding hydrogens is 418 g/mol. The van der Waals surface area contributed by atoms with E-state index in [1.54, 1.807) is 24.3 Å². The Morgan fingerprint density at radius 2 is 1.87 bits per heavy atom. The highest BCUT2D eigenvalue weighted by Gasteiger charge is 2.60. The first-order chi connectivity index (χ1) is 14.8. The maximum atomic E-state index is 12.9. The van der Waals surface area contributed by atoms with Crippen LogP contribution in [0.15, 0.2) is 30.3 Å². The van der Waals surface area contributed by atoms with Gasteiger partial charge in [0.15, 0.2) is 12.4 Å². The van der Waals surface area contributed by atoms with Gasteiger partial charge in [-0.1, -0.05) is 56.4 Å². The van der Waals surface area contributed by atoms with Gasteiger partial charge in [0.1, 0.15) is 12.1 Å². The minimum absolute atomic E-state index is 0.190. The summed E-state index contributed by atoms with van der Waals surface area (Å²) in [6.45, 7) is 9.06. The summed E-state index contributed by atoms with van der Waals surface area (Å²) in [7, 11) is -0.637. The van der Waals surface area contributed by atoms with Crippen molar-refractivity contribution in [3.05, 3.63) is 35.9 Å². The van der Waals surface area contributed by atoms with Crippen molar-refractivity contribution in [1.82, 2.24) is 5.23 Å². The molecule has 2 aliphatic rings. The fourth-order valence-electron chi connectivity index (χ4n) is 4.14. The Balaban J connectivity index is 1.88. The number of hydrogen-bond acceptors (Lipinski definition) is 8. The molecule has 0 unspecified atom stereocenters. The van der Waals surface area contributed by atoms with Crippen LogP contribution in [0.4, 0.5) is 0 Å². The number of carbonyl (C=O) groups is 2. The molecule has 1 aromatic carbocycles. The molecule has 31 heavy (non-hydrogen) atoms. The number of rotatable bonds is 8. The number of fused-ring (bicyclic) bond motifs is 1. The summed E-state index contributed by atoms with van der Waals surface area (Å²) in [5.74, 6) is -0.877. The van der Waals surface area contributed by atoms with E-state index in [0.29, 0.717) is 18.6 Å². The maximum absolute atomic E-state index is 12.9. The Kier molecular flexibility index (Phi) is 7.87. The third-order valence-electron chi connectivity index (χ3n) is 5.69. The predicted molar refractivity (Wildman–Crippen MR) is 116 cm³/mol. The minimum Gasteiger partial charge on any atom is -0.467 e. The van der Waals surface area contributed by atoms with E-state index in [1.807, 2.05) is 6.07 Å². The van der Waals surface area contributed by atoms with E-state index in [-0.39, 0.29) is 5.54 Å². The van der Waals surface area contributed by atoms with Gasteiger partial charge in [-0.2, -0.15) is 0 Å². The van der Waals surface area contributed by atoms with Crippen LogP contribution in [0.5, 0.6) is 0 Å². The lowest BCUT2D eigenvalue weighted by Crippen LogP contribution is -2.55. The van der Waals surface area contributed by atoms with E-state index < -0.39 is 44.6 Å². The Labute approximate surface area is 184 Å². The quantitative estimate of drug-likeness (QED) is 0.337. The molecule has 0 saturated carbocycles. The van der Waals surface area contributed by atoms with Crippen molar-refractivity contribution in [2.75, 3.05) is 13.7 Å². The molecule has 0 aliphatic carbocycles. The molecule has 2 fully saturated rings. The second-order valence-electron chi connectivity index (χ2n) is 9.02. The van der Waals surface area contributed by atoms with E-state index in [0.717, 1.165) is 12.8 Å². The van der Waals surface area contributed by atoms with Crippen molar-refractivity contribution in [2.45, 2.75) is 75.9 Å². The predicted octanol–water partition coefficient (Wildman–Crippen LogP) is 3.56. The van der Waals surface area contributed by atoms with Crippen LogP contribution in [-0.2, 0) is 28.7 Å². The number of unbranched alkanes of at least 4 members (excludes halogenated alkanes) is 1. The average molecular weight is 452 g/mol. The highest BCUT2D eigenvalue weighted by Crippen LogP contribution is 2.46. The van der Waals surface area contributed by atoms with Crippen LogP contribution < -0.4 is 0 Å². The Hall–Kier alpha value is -1.78. The summed E-state index contributed by atoms with van der Waals surface area (Å²) in [5.41, 5.74) is 0.280. The smallest absolute Gasteiger partial charge is 0.338 e. The summed E-state index contributed by atoms with van der Waals surface area (Å²) in [6.07, 6.45) is 0.246. The molecule has 2 heterocycles. The first-order valence-corrected chi connectivity index (χ1v) is 14.4. The minimum atomic E-state index is -1.98. The zero-order valence-electron chi connectivity index (χ0n) is 18.9. The average Bonchev–Trinajstić information content (AvgIpc) is 3.14. The molecular formula is C22H33NO7Si. The van der Waals surface area contributed by atoms with Gasteiger partial charge in [-0.15, -0.1) is 0 Å². The number of esters is 2. The number of hydroxylamine groups is 2. The monoisotopic (exact) mass is 451 g/mol. The molecule has 0 amide bonds. The molecule has 3 rings (SSSR count). The van der Waals surface area contributed by atoms with E-state index >= 15 is 0 Å². The second-order valence-corrected chi connectivity index (χ2v) is 14.4. The fourth-order valence-corrected chi connectivity index (χ4v) is 6.60. The van der Waals surface area contributed by atoms with E-state index in [2.05, 4.69) is 26.6 Å². The molecule has 9 heteroatoms. The van der Waals surface area contributed by atoms with Gasteiger partial charge >= 0.3 is 11.9 Å². The topological polar surface area (TPSA) is 83.5 Å². The molecule has 1 aromatic rings. The van der Waals surface area contributed by atoms with Gasteiger partial charge in [-0.3, -0.25) is 4.84 Å². The molecule has 5 atom stereocenters. The Bertz CT molecular complexity index is 754. The van der Waals surface area contributed by atoms with Crippen LogP contribution >= 0.6 is 0 Å². The van der Waals surface area contributed by atoms with Crippen LogP contribution in [0, 0.1) is 0 Å². The maximum Gasteiger partial charge on any atom is 0.338 e. The van der Waals surface area contributed by atoms with Crippen LogP contribution in [0.1, 0.15) is 36.5 Å². The van der Waals surface area contributed by atoms with Crippen LogP contribution in [0.3, 0.4) is 0 Å². The van der Waals surface area contributed by atoms with Crippen LogP contribution in [0.2, 0.25) is 25.2 Å². The molecule has 2 aliphatic heterocycles. The van der Waals surface area contributed by atoms with Crippen LogP contribution in [-0.4, -0.2) is 63.5 Å². The molecule has 2 saturated heterocycles. The summed E-state index contributed by atoms with van der Waals surface area (Å²) in [4.78, 5) is 37.2. The molecule has 0 aromatic heterocycles. The van der Waals surface area contributed by atoms with Crippen LogP contribution in [0.25, 0.3) is 0 Å². The number of nitrogens with zero attached hydrogens (tertiary/aromatic N) is 1. The van der Waals surface area contributed by atoms with Gasteiger partial charge < -0.3 is 14.2 Å². The zero-order chi connectivity index (χ0) is 22.6. The van der Waals surface area contributed by atoms with Gasteiger partial charge in [-0.05, 0) is 18.6 Å². The van der Waals surface area contributed by atoms with Gasteiger partial charge in [-0.25, -0.2) is 14.4 Å². The lowest BCUT2D eigenvalue weighted by atomic mass is 10.00. The van der Waals surface area contributed by atoms with Gasteiger partial charge in [0, 0.05) is 18.6 Å². The summed E-state index contributed by atoms with van der Waals surface area (Å²) < 4.78 is 16.8. The summed E-state index contributed by atoms with van der Waals surface area (Å²) >= 11 is 0. The first-order valence-electron chi connectivity index (χ1n) is 10.8. The van der Waals surface area contributed by atoms with Crippen molar-refractivity contribution in [3.63, 3.8) is 0 Å². The lowest BCUT2D eigenvalue weighted by molar-refractivity contribution is -0.442. The van der Waals surface area contributed by atoms with Crippen molar-refractivity contribution in [3.8, 4) is 0 Å². The molecule has 172 valence electrons. The van der Waals surface area contributed by atoms with E-state index in [9.17, 15) is 9.59 Å². The second kappa shape index (κ2) is 10.2. The fraction of sp³-hybridized carbons (Fsp3) is 0.636. The SMILES string of the molecule is CCCCO[C@H]1C[C@@H](OC(=O)c2ccccc2)[C@@H]2[C@@H]([Si](C)(C)C)[C@@H](C(=O)OC)ON2O1. The standard InChI is InChI=1S/C22H33NO7Si/c1-6-7-13-27-17-14-16(28-21(24)15-11-9-8-10-12-15)18-20(31(3,4)5)19(22(25)26-2)30-23(18)29-17/h8-12,16-20H,6-7,13-14H2,1-5H3/t16-,17-,18-,19+,20-/m1/s1. The summed E-state index contributed by atoms with van der Waals surface area (Å²) in [6, 6.07) is 8.44. The van der Waals surface area contributed by atoms with E-state index in [1.165, 1.54) is 12.3 Å². The normalized spacial score (nSPS) is 28.7. The lowest BCUT2D eigenvalue weighted by Gasteiger charge is -2.41.